The Bertz CT molecular complexity index is 1290. The van der Waals surface area contributed by atoms with Gasteiger partial charge in [-0.1, -0.05) is 157 Å². The van der Waals surface area contributed by atoms with Crippen LogP contribution in [0.5, 0.6) is 0 Å². The number of phosphoric ester groups is 1. The van der Waals surface area contributed by atoms with Crippen LogP contribution in [0.3, 0.4) is 0 Å². The number of aliphatic hydroxyl groups is 1. The zero-order chi connectivity index (χ0) is 44.2. The molecule has 11 nitrogen and oxygen atoms in total. The Morgan fingerprint density at radius 2 is 0.967 bits per heavy atom. The first kappa shape index (κ1) is 56.9. The summed E-state index contributed by atoms with van der Waals surface area (Å²) >= 11 is 0. The summed E-state index contributed by atoms with van der Waals surface area (Å²) in [6.07, 6.45) is 50.7. The number of carbonyl (C=O) groups is 3. The van der Waals surface area contributed by atoms with Crippen LogP contribution in [-0.4, -0.2) is 64.9 Å². The van der Waals surface area contributed by atoms with Crippen molar-refractivity contribution in [2.45, 2.75) is 193 Å². The minimum atomic E-state index is -4.77. The van der Waals surface area contributed by atoms with Crippen molar-refractivity contribution in [2.24, 2.45) is 0 Å². The van der Waals surface area contributed by atoms with E-state index in [4.69, 9.17) is 13.8 Å². The van der Waals surface area contributed by atoms with Crippen LogP contribution in [0.15, 0.2) is 72.9 Å². The Morgan fingerprint density at radius 3 is 1.47 bits per heavy atom. The maximum atomic E-state index is 12.3. The van der Waals surface area contributed by atoms with Gasteiger partial charge in [0.25, 0.3) is 0 Å². The molecule has 0 heterocycles. The Hall–Kier alpha value is -3.08. The van der Waals surface area contributed by atoms with Crippen LogP contribution < -0.4 is 5.32 Å². The number of ether oxygens (including phenoxy) is 1. The molecule has 3 atom stereocenters. The highest BCUT2D eigenvalue weighted by molar-refractivity contribution is 7.47. The molecule has 0 saturated heterocycles. The third kappa shape index (κ3) is 41.6. The Morgan fingerprint density at radius 1 is 0.550 bits per heavy atom. The minimum absolute atomic E-state index is 0.137. The van der Waals surface area contributed by atoms with Crippen molar-refractivity contribution in [3.05, 3.63) is 72.9 Å². The maximum absolute atomic E-state index is 12.3. The fourth-order valence-electron chi connectivity index (χ4n) is 5.92. The molecule has 0 aliphatic carbocycles. The van der Waals surface area contributed by atoms with Crippen molar-refractivity contribution in [3.63, 3.8) is 0 Å². The Kier molecular flexibility index (Phi) is 40.4. The molecule has 344 valence electrons. The van der Waals surface area contributed by atoms with Crippen LogP contribution in [0, 0.1) is 0 Å². The van der Waals surface area contributed by atoms with Crippen molar-refractivity contribution in [1.29, 1.82) is 0 Å². The van der Waals surface area contributed by atoms with Crippen molar-refractivity contribution >= 4 is 25.7 Å². The second kappa shape index (κ2) is 42.6. The van der Waals surface area contributed by atoms with Crippen LogP contribution in [0.25, 0.3) is 0 Å². The van der Waals surface area contributed by atoms with E-state index < -0.39 is 57.6 Å². The number of nitrogens with one attached hydrogen (secondary N) is 1. The summed E-state index contributed by atoms with van der Waals surface area (Å²) in [4.78, 5) is 46.0. The van der Waals surface area contributed by atoms with Gasteiger partial charge >= 0.3 is 19.8 Å². The number of rotatable bonds is 42. The third-order valence-corrected chi connectivity index (χ3v) is 10.4. The average molecular weight is 864 g/mol. The largest absolute Gasteiger partial charge is 0.480 e. The summed E-state index contributed by atoms with van der Waals surface area (Å²) in [5.41, 5.74) is 0. The van der Waals surface area contributed by atoms with Gasteiger partial charge in [0.15, 0.2) is 6.04 Å². The van der Waals surface area contributed by atoms with E-state index in [1.807, 2.05) is 0 Å². The Labute approximate surface area is 363 Å². The molecule has 0 aromatic carbocycles. The maximum Gasteiger partial charge on any atom is 0.472 e. The monoisotopic (exact) mass is 864 g/mol. The van der Waals surface area contributed by atoms with Crippen LogP contribution in [0.2, 0.25) is 0 Å². The van der Waals surface area contributed by atoms with E-state index >= 15 is 0 Å². The number of esters is 1. The van der Waals surface area contributed by atoms with Gasteiger partial charge in [0.05, 0.1) is 13.2 Å². The number of phosphoric acid groups is 1. The lowest BCUT2D eigenvalue weighted by atomic mass is 10.0. The predicted molar refractivity (Wildman–Crippen MR) is 244 cm³/mol. The molecule has 0 aromatic rings. The summed E-state index contributed by atoms with van der Waals surface area (Å²) < 4.78 is 26.8. The molecule has 60 heavy (non-hydrogen) atoms. The van der Waals surface area contributed by atoms with Crippen molar-refractivity contribution in [1.82, 2.24) is 5.32 Å². The molecular formula is C48H82NO10P. The lowest BCUT2D eigenvalue weighted by Gasteiger charge is -2.18. The molecule has 0 rings (SSSR count). The summed E-state index contributed by atoms with van der Waals surface area (Å²) in [5.74, 6) is -2.43. The summed E-state index contributed by atoms with van der Waals surface area (Å²) in [5, 5.41) is 21.8. The van der Waals surface area contributed by atoms with Gasteiger partial charge in [-0.15, -0.1) is 0 Å². The molecule has 3 unspecified atom stereocenters. The van der Waals surface area contributed by atoms with E-state index in [2.05, 4.69) is 92.1 Å². The van der Waals surface area contributed by atoms with E-state index in [9.17, 15) is 34.1 Å². The average Bonchev–Trinajstić information content (AvgIpc) is 3.22. The van der Waals surface area contributed by atoms with Gasteiger partial charge in [-0.25, -0.2) is 9.36 Å². The van der Waals surface area contributed by atoms with Gasteiger partial charge in [-0.05, 0) is 83.5 Å². The van der Waals surface area contributed by atoms with E-state index in [0.717, 1.165) is 70.6 Å². The minimum Gasteiger partial charge on any atom is -0.480 e. The van der Waals surface area contributed by atoms with E-state index in [-0.39, 0.29) is 12.8 Å². The van der Waals surface area contributed by atoms with Crippen LogP contribution in [0.4, 0.5) is 0 Å². The van der Waals surface area contributed by atoms with Crippen LogP contribution in [-0.2, 0) is 32.7 Å². The number of aliphatic carboxylic acids is 1. The number of aliphatic hydroxyl groups excluding tert-OH is 1. The fraction of sp³-hybridized carbons (Fsp3) is 0.688. The standard InChI is InChI=1S/C48H82NO10P/c1-3-5-7-9-11-13-15-17-19-20-21-22-23-24-26-27-29-31-33-35-37-39-46(51)49-45(48(53)54)43-59-60(55,56)58-42-44(50)41-57-47(52)40-38-36-34-32-30-28-25-18-16-14-12-10-8-6-4-2/h6,8,11-14,17-19,25,30,32,44-45,50H,3-5,7,9-10,15-16,20-24,26-29,31,33-43H2,1-2H3,(H,49,51)(H,53,54)(H,55,56)/b8-6-,13-11-,14-12-,19-17-,25-18-,32-30-. The highest BCUT2D eigenvalue weighted by Gasteiger charge is 2.28. The van der Waals surface area contributed by atoms with Gasteiger partial charge < -0.3 is 25.2 Å². The highest BCUT2D eigenvalue weighted by atomic mass is 31.2. The molecule has 0 aromatic heterocycles. The molecule has 1 amide bonds. The second-order valence-electron chi connectivity index (χ2n) is 15.2. The molecule has 12 heteroatoms. The molecule has 0 aliphatic heterocycles. The number of amides is 1. The number of carboxylic acid groups (broad SMARTS) is 1. The number of carbonyl (C=O) groups excluding carboxylic acids is 2. The SMILES string of the molecule is CC/C=C\C/C=C\C/C=C\C/C=C\CCCCC(=O)OCC(O)COP(=O)(O)OCC(NC(=O)CCCCCCCCCCCCC/C=C\C/C=C\CCCCC)C(=O)O. The summed E-state index contributed by atoms with van der Waals surface area (Å²) in [6, 6.07) is -1.56. The highest BCUT2D eigenvalue weighted by Crippen LogP contribution is 2.43. The predicted octanol–water partition coefficient (Wildman–Crippen LogP) is 12.1. The lowest BCUT2D eigenvalue weighted by molar-refractivity contribution is -0.147. The quantitative estimate of drug-likeness (QED) is 0.0201. The number of allylic oxidation sites excluding steroid dienone is 12. The topological polar surface area (TPSA) is 169 Å². The summed E-state index contributed by atoms with van der Waals surface area (Å²) in [6.45, 7) is 2.41. The van der Waals surface area contributed by atoms with Gasteiger partial charge in [0.1, 0.15) is 12.7 Å². The smallest absolute Gasteiger partial charge is 0.472 e. The number of hydrogen-bond acceptors (Lipinski definition) is 8. The molecule has 0 fully saturated rings. The normalized spacial score (nSPS) is 14.3. The molecule has 0 radical (unpaired) electrons. The molecule has 0 spiro atoms. The lowest BCUT2D eigenvalue weighted by Crippen LogP contribution is -2.43. The molecule has 0 aliphatic rings. The first-order chi connectivity index (χ1) is 29.1. The van der Waals surface area contributed by atoms with Gasteiger partial charge in [-0.2, -0.15) is 0 Å². The third-order valence-electron chi connectivity index (χ3n) is 9.48. The van der Waals surface area contributed by atoms with Crippen molar-refractivity contribution in [2.75, 3.05) is 19.8 Å². The number of hydrogen-bond donors (Lipinski definition) is 4. The Balaban J connectivity index is 3.93. The summed E-state index contributed by atoms with van der Waals surface area (Å²) in [7, 11) is -4.77. The van der Waals surface area contributed by atoms with E-state index in [1.165, 1.54) is 70.6 Å². The van der Waals surface area contributed by atoms with Gasteiger partial charge in [0.2, 0.25) is 5.91 Å². The molecule has 0 bridgehead atoms. The van der Waals surface area contributed by atoms with E-state index in [0.29, 0.717) is 12.8 Å². The number of unbranched alkanes of at least 4 members (excludes halogenated alkanes) is 16. The zero-order valence-corrected chi connectivity index (χ0v) is 38.1. The molecule has 4 N–H and O–H groups in total. The van der Waals surface area contributed by atoms with Crippen LogP contribution in [0.1, 0.15) is 181 Å². The van der Waals surface area contributed by atoms with Crippen molar-refractivity contribution < 1.29 is 47.8 Å². The van der Waals surface area contributed by atoms with Crippen molar-refractivity contribution in [3.8, 4) is 0 Å². The van der Waals surface area contributed by atoms with E-state index in [1.54, 1.807) is 0 Å². The number of carboxylic acids is 1. The second-order valence-corrected chi connectivity index (χ2v) is 16.7. The molecular weight excluding hydrogens is 781 g/mol. The van der Waals surface area contributed by atoms with Crippen LogP contribution >= 0.6 is 7.82 Å². The van der Waals surface area contributed by atoms with Gasteiger partial charge in [0, 0.05) is 12.8 Å². The van der Waals surface area contributed by atoms with Gasteiger partial charge in [-0.3, -0.25) is 18.6 Å². The first-order valence-corrected chi connectivity index (χ1v) is 24.5. The fourth-order valence-corrected chi connectivity index (χ4v) is 6.70. The molecule has 0 saturated carbocycles. The first-order valence-electron chi connectivity index (χ1n) is 23.0. The zero-order valence-electron chi connectivity index (χ0n) is 37.2.